The van der Waals surface area contributed by atoms with Crippen LogP contribution in [0, 0.1) is 6.92 Å². The van der Waals surface area contributed by atoms with E-state index in [1.165, 1.54) is 0 Å². The van der Waals surface area contributed by atoms with Gasteiger partial charge in [0.1, 0.15) is 11.9 Å². The standard InChI is InChI=1S/C22H23N3O3S/c1-13-17(14-5-6-18-20(8-14)29-22(27)24(18)2)11-23-12-19(13)28-16-9-15(10-16)25-7-3-4-21(25)26/h5-6,8,11-12,15-16H,3-4,7,9-10H2,1-2H3/i2D3. The molecule has 2 aromatic heterocycles. The van der Waals surface area contributed by atoms with Gasteiger partial charge >= 0.3 is 4.87 Å². The smallest absolute Gasteiger partial charge is 0.307 e. The van der Waals surface area contributed by atoms with E-state index in [4.69, 9.17) is 8.85 Å². The number of amides is 1. The Morgan fingerprint density at radius 2 is 2.14 bits per heavy atom. The first-order chi connectivity index (χ1) is 15.2. The van der Waals surface area contributed by atoms with Gasteiger partial charge in [0.2, 0.25) is 5.91 Å². The minimum Gasteiger partial charge on any atom is -0.488 e. The summed E-state index contributed by atoms with van der Waals surface area (Å²) in [4.78, 5) is 30.0. The number of carbonyl (C=O) groups is 1. The van der Waals surface area contributed by atoms with Crippen LogP contribution in [0.2, 0.25) is 0 Å². The first kappa shape index (κ1) is 15.2. The summed E-state index contributed by atoms with van der Waals surface area (Å²) in [5.41, 5.74) is 3.05. The summed E-state index contributed by atoms with van der Waals surface area (Å²) < 4.78 is 30.5. The van der Waals surface area contributed by atoms with Crippen molar-refractivity contribution in [1.82, 2.24) is 14.5 Å². The molecule has 3 heterocycles. The molecule has 0 N–H and O–H groups in total. The fourth-order valence-corrected chi connectivity index (χ4v) is 5.05. The Kier molecular flexibility index (Phi) is 3.66. The number of carbonyl (C=O) groups excluding carboxylic acids is 1. The zero-order chi connectivity index (χ0) is 22.6. The van der Waals surface area contributed by atoms with Crippen molar-refractivity contribution in [3.05, 3.63) is 45.8 Å². The summed E-state index contributed by atoms with van der Waals surface area (Å²) >= 11 is 0.924. The van der Waals surface area contributed by atoms with Crippen LogP contribution in [0.4, 0.5) is 0 Å². The monoisotopic (exact) mass is 412 g/mol. The Morgan fingerprint density at radius 3 is 2.90 bits per heavy atom. The van der Waals surface area contributed by atoms with E-state index in [2.05, 4.69) is 4.98 Å². The largest absolute Gasteiger partial charge is 0.488 e. The van der Waals surface area contributed by atoms with Gasteiger partial charge in [0.05, 0.1) is 16.4 Å². The number of likely N-dealkylation sites (tertiary alicyclic amines) is 1. The normalized spacial score (nSPS) is 23.6. The van der Waals surface area contributed by atoms with Gasteiger partial charge in [-0.15, -0.1) is 0 Å². The Hall–Kier alpha value is -2.67. The Balaban J connectivity index is 1.37. The molecule has 5 rings (SSSR count). The molecule has 0 radical (unpaired) electrons. The SMILES string of the molecule is [2H]C([2H])([2H])n1c(=O)sc2cc(-c3cncc(OC4CC(N5CCCC5=O)C4)c3C)ccc21. The van der Waals surface area contributed by atoms with Crippen molar-refractivity contribution in [2.75, 3.05) is 6.54 Å². The fourth-order valence-electron chi connectivity index (χ4n) is 4.23. The maximum Gasteiger partial charge on any atom is 0.307 e. The Morgan fingerprint density at radius 1 is 1.28 bits per heavy atom. The summed E-state index contributed by atoms with van der Waals surface area (Å²) in [5.74, 6) is 0.949. The predicted octanol–water partition coefficient (Wildman–Crippen LogP) is 3.50. The first-order valence-electron chi connectivity index (χ1n) is 11.3. The molecule has 2 aliphatic rings. The van der Waals surface area contributed by atoms with Crippen molar-refractivity contribution < 1.29 is 13.6 Å². The number of rotatable bonds is 4. The lowest BCUT2D eigenvalue weighted by Crippen LogP contribution is -2.49. The van der Waals surface area contributed by atoms with Gasteiger partial charge in [0.15, 0.2) is 0 Å². The van der Waals surface area contributed by atoms with Gasteiger partial charge in [-0.3, -0.25) is 14.6 Å². The molecule has 1 saturated carbocycles. The van der Waals surface area contributed by atoms with E-state index < -0.39 is 11.8 Å². The van der Waals surface area contributed by atoms with Crippen LogP contribution in [0.3, 0.4) is 0 Å². The molecule has 1 amide bonds. The van der Waals surface area contributed by atoms with Crippen LogP contribution in [0.15, 0.2) is 35.4 Å². The third-order valence-corrected chi connectivity index (χ3v) is 6.88. The fraction of sp³-hybridized carbons (Fsp3) is 0.409. The van der Waals surface area contributed by atoms with Crippen molar-refractivity contribution in [3.63, 3.8) is 0 Å². The molecular weight excluding hydrogens is 386 g/mol. The van der Waals surface area contributed by atoms with Gasteiger partial charge < -0.3 is 14.2 Å². The highest BCUT2D eigenvalue weighted by molar-refractivity contribution is 7.16. The molecule has 150 valence electrons. The lowest BCUT2D eigenvalue weighted by Gasteiger charge is -2.41. The van der Waals surface area contributed by atoms with Crippen molar-refractivity contribution in [3.8, 4) is 16.9 Å². The third-order valence-electron chi connectivity index (χ3n) is 5.97. The molecule has 1 aromatic carbocycles. The number of aromatic nitrogens is 2. The van der Waals surface area contributed by atoms with Crippen molar-refractivity contribution in [2.24, 2.45) is 6.98 Å². The van der Waals surface area contributed by atoms with Crippen molar-refractivity contribution in [2.45, 2.75) is 44.8 Å². The lowest BCUT2D eigenvalue weighted by atomic mass is 9.88. The number of thiazole rings is 1. The van der Waals surface area contributed by atoms with Crippen LogP contribution in [-0.4, -0.2) is 39.0 Å². The maximum absolute atomic E-state index is 12.2. The second-order valence-corrected chi connectivity index (χ2v) is 8.75. The van der Waals surface area contributed by atoms with Crippen LogP contribution >= 0.6 is 11.3 Å². The van der Waals surface area contributed by atoms with Crippen LogP contribution < -0.4 is 9.61 Å². The van der Waals surface area contributed by atoms with Gasteiger partial charge in [-0.25, -0.2) is 0 Å². The molecule has 1 aliphatic carbocycles. The van der Waals surface area contributed by atoms with Gasteiger partial charge in [-0.05, 0) is 31.0 Å². The maximum atomic E-state index is 12.2. The number of hydrogen-bond acceptors (Lipinski definition) is 5. The number of ether oxygens (including phenoxy) is 1. The number of fused-ring (bicyclic) bond motifs is 1. The van der Waals surface area contributed by atoms with Gasteiger partial charge in [0.25, 0.3) is 0 Å². The van der Waals surface area contributed by atoms with Crippen LogP contribution in [0.1, 0.15) is 35.4 Å². The minimum atomic E-state index is -2.51. The number of nitrogens with zero attached hydrogens (tertiary/aromatic N) is 3. The summed E-state index contributed by atoms with van der Waals surface area (Å²) in [6.07, 6.45) is 6.78. The summed E-state index contributed by atoms with van der Waals surface area (Å²) in [6.45, 7) is 0.305. The molecule has 0 bridgehead atoms. The highest BCUT2D eigenvalue weighted by Crippen LogP contribution is 2.36. The molecule has 1 aliphatic heterocycles. The van der Waals surface area contributed by atoms with E-state index in [9.17, 15) is 9.59 Å². The van der Waals surface area contributed by atoms with E-state index in [-0.39, 0.29) is 18.1 Å². The highest BCUT2D eigenvalue weighted by atomic mass is 32.1. The van der Waals surface area contributed by atoms with Crippen LogP contribution in [-0.2, 0) is 11.8 Å². The van der Waals surface area contributed by atoms with E-state index in [0.717, 1.165) is 58.4 Å². The molecule has 0 atom stereocenters. The number of aryl methyl sites for hydroxylation is 1. The van der Waals surface area contributed by atoms with Gasteiger partial charge in [-0.1, -0.05) is 17.4 Å². The van der Waals surface area contributed by atoms with Crippen LogP contribution in [0.5, 0.6) is 5.75 Å². The van der Waals surface area contributed by atoms with Crippen LogP contribution in [0.25, 0.3) is 21.3 Å². The molecule has 2 fully saturated rings. The molecule has 29 heavy (non-hydrogen) atoms. The third kappa shape index (κ3) is 3.13. The predicted molar refractivity (Wildman–Crippen MR) is 113 cm³/mol. The second-order valence-electron chi connectivity index (χ2n) is 7.75. The topological polar surface area (TPSA) is 64.4 Å². The number of hydrogen-bond donors (Lipinski definition) is 0. The molecule has 3 aromatic rings. The Labute approximate surface area is 177 Å². The minimum absolute atomic E-state index is 0.0604. The van der Waals surface area contributed by atoms with E-state index >= 15 is 0 Å². The van der Waals surface area contributed by atoms with E-state index in [0.29, 0.717) is 22.4 Å². The molecule has 1 saturated heterocycles. The van der Waals surface area contributed by atoms with Crippen molar-refractivity contribution >= 4 is 27.5 Å². The zero-order valence-electron chi connectivity index (χ0n) is 19.1. The number of pyridine rings is 1. The summed E-state index contributed by atoms with van der Waals surface area (Å²) in [6, 6.07) is 5.59. The molecule has 0 unspecified atom stereocenters. The lowest BCUT2D eigenvalue weighted by molar-refractivity contribution is -0.133. The quantitative estimate of drug-likeness (QED) is 0.658. The van der Waals surface area contributed by atoms with Crippen molar-refractivity contribution in [1.29, 1.82) is 0 Å². The van der Waals surface area contributed by atoms with E-state index in [1.54, 1.807) is 18.5 Å². The highest BCUT2D eigenvalue weighted by Gasteiger charge is 2.39. The summed E-state index contributed by atoms with van der Waals surface area (Å²) in [5, 5.41) is 0. The van der Waals surface area contributed by atoms with Gasteiger partial charge in [-0.2, -0.15) is 0 Å². The Bertz CT molecular complexity index is 1260. The summed E-state index contributed by atoms with van der Waals surface area (Å²) in [7, 11) is 0. The first-order valence-corrected chi connectivity index (χ1v) is 10.6. The second kappa shape index (κ2) is 6.99. The van der Waals surface area contributed by atoms with Gasteiger partial charge in [0, 0.05) is 60.3 Å². The zero-order valence-corrected chi connectivity index (χ0v) is 16.9. The van der Waals surface area contributed by atoms with E-state index in [1.807, 2.05) is 24.0 Å². The molecule has 6 nitrogen and oxygen atoms in total. The molecule has 7 heteroatoms. The molecule has 0 spiro atoms. The average Bonchev–Trinajstić information content (AvgIpc) is 3.26. The average molecular weight is 413 g/mol. The number of benzene rings is 1. The molecular formula is C22H23N3O3S.